The van der Waals surface area contributed by atoms with Crippen molar-refractivity contribution in [3.05, 3.63) is 119 Å². The molecule has 5 aromatic rings. The molecule has 0 saturated carbocycles. The molecule has 1 aromatic heterocycles. The Balaban J connectivity index is 1.22. The first-order chi connectivity index (χ1) is 20.1. The molecular weight excluding hydrogens is 602 g/mol. The second-order valence-electron chi connectivity index (χ2n) is 8.75. The summed E-state index contributed by atoms with van der Waals surface area (Å²) in [4.78, 5) is 12.6. The van der Waals surface area contributed by atoms with Crippen molar-refractivity contribution in [3.63, 3.8) is 0 Å². The molecule has 10 heteroatoms. The number of amides is 1. The van der Waals surface area contributed by atoms with Crippen LogP contribution in [0.25, 0.3) is 17.1 Å². The molecule has 0 saturated heterocycles. The third-order valence-corrected chi connectivity index (χ3v) is 7.37. The number of hydrogen-bond donors (Lipinski definition) is 1. The maximum atomic E-state index is 12.6. The molecule has 0 radical (unpaired) electrons. The minimum absolute atomic E-state index is 0.108. The summed E-state index contributed by atoms with van der Waals surface area (Å²) in [6, 6.07) is 33.0. The highest BCUT2D eigenvalue weighted by Crippen LogP contribution is 2.29. The molecule has 5 rings (SSSR count). The molecule has 206 valence electrons. The third-order valence-electron chi connectivity index (χ3n) is 5.91. The molecular formula is C31H26BrN5O3S. The Morgan fingerprint density at radius 1 is 0.951 bits per heavy atom. The standard InChI is InChI=1S/C31H26BrN5O3S/c1-39-28-18-23(12-17-27(28)40-20-22-8-4-2-5-9-22)19-33-34-29(38)21-41-31-36-35-30(24-10-6-3-7-11-24)37(31)26-15-13-25(32)14-16-26/h2-19H,20-21H2,1H3,(H,34,38)/b33-19+. The molecule has 0 aliphatic rings. The highest BCUT2D eigenvalue weighted by Gasteiger charge is 2.17. The summed E-state index contributed by atoms with van der Waals surface area (Å²) < 4.78 is 14.3. The predicted molar refractivity (Wildman–Crippen MR) is 165 cm³/mol. The van der Waals surface area contributed by atoms with E-state index in [2.05, 4.69) is 36.7 Å². The molecule has 41 heavy (non-hydrogen) atoms. The van der Waals surface area contributed by atoms with Gasteiger partial charge in [-0.2, -0.15) is 5.10 Å². The van der Waals surface area contributed by atoms with Gasteiger partial charge in [-0.05, 0) is 53.6 Å². The first-order valence-corrected chi connectivity index (χ1v) is 14.4. The average molecular weight is 629 g/mol. The van der Waals surface area contributed by atoms with Crippen molar-refractivity contribution in [2.45, 2.75) is 11.8 Å². The molecule has 0 aliphatic heterocycles. The van der Waals surface area contributed by atoms with Gasteiger partial charge in [0.05, 0.1) is 19.1 Å². The van der Waals surface area contributed by atoms with Gasteiger partial charge in [-0.3, -0.25) is 9.36 Å². The summed E-state index contributed by atoms with van der Waals surface area (Å²) in [7, 11) is 1.58. The summed E-state index contributed by atoms with van der Waals surface area (Å²) in [6.07, 6.45) is 1.56. The van der Waals surface area contributed by atoms with Crippen LogP contribution < -0.4 is 14.9 Å². The van der Waals surface area contributed by atoms with E-state index in [9.17, 15) is 4.79 Å². The molecule has 0 unspecified atom stereocenters. The van der Waals surface area contributed by atoms with Crippen molar-refractivity contribution in [3.8, 4) is 28.6 Å². The highest BCUT2D eigenvalue weighted by atomic mass is 79.9. The zero-order chi connectivity index (χ0) is 28.4. The van der Waals surface area contributed by atoms with Crippen LogP contribution in [0.4, 0.5) is 0 Å². The van der Waals surface area contributed by atoms with Crippen molar-refractivity contribution < 1.29 is 14.3 Å². The fourth-order valence-electron chi connectivity index (χ4n) is 3.92. The number of carbonyl (C=O) groups is 1. The second-order valence-corrected chi connectivity index (χ2v) is 10.6. The van der Waals surface area contributed by atoms with E-state index >= 15 is 0 Å². The molecule has 0 spiro atoms. The van der Waals surface area contributed by atoms with E-state index in [4.69, 9.17) is 9.47 Å². The number of halogens is 1. The van der Waals surface area contributed by atoms with Crippen LogP contribution in [0.5, 0.6) is 11.5 Å². The Hall–Kier alpha value is -4.41. The maximum Gasteiger partial charge on any atom is 0.250 e. The van der Waals surface area contributed by atoms with Gasteiger partial charge in [0.1, 0.15) is 6.61 Å². The van der Waals surface area contributed by atoms with E-state index in [0.717, 1.165) is 26.9 Å². The van der Waals surface area contributed by atoms with Gasteiger partial charge in [0.15, 0.2) is 22.5 Å². The second kappa shape index (κ2) is 13.8. The molecule has 0 atom stereocenters. The molecule has 0 aliphatic carbocycles. The Morgan fingerprint density at radius 3 is 2.41 bits per heavy atom. The number of nitrogens with zero attached hydrogens (tertiary/aromatic N) is 4. The van der Waals surface area contributed by atoms with Crippen LogP contribution in [0.2, 0.25) is 0 Å². The number of aromatic nitrogens is 3. The summed E-state index contributed by atoms with van der Waals surface area (Å²) in [5.74, 6) is 1.73. The lowest BCUT2D eigenvalue weighted by molar-refractivity contribution is -0.118. The Bertz CT molecular complexity index is 1630. The minimum atomic E-state index is -0.271. The zero-order valence-corrected chi connectivity index (χ0v) is 24.5. The van der Waals surface area contributed by atoms with Gasteiger partial charge >= 0.3 is 0 Å². The number of benzene rings is 4. The van der Waals surface area contributed by atoms with Crippen molar-refractivity contribution in [2.24, 2.45) is 5.10 Å². The molecule has 1 heterocycles. The van der Waals surface area contributed by atoms with E-state index in [0.29, 0.717) is 29.1 Å². The Kier molecular flexibility index (Phi) is 9.45. The SMILES string of the molecule is COc1cc(/C=N/NC(=O)CSc2nnc(-c3ccccc3)n2-c2ccc(Br)cc2)ccc1OCc1ccccc1. The lowest BCUT2D eigenvalue weighted by atomic mass is 10.2. The van der Waals surface area contributed by atoms with Crippen LogP contribution in [-0.4, -0.2) is 39.7 Å². The number of ether oxygens (including phenoxy) is 2. The van der Waals surface area contributed by atoms with E-state index in [1.807, 2.05) is 102 Å². The van der Waals surface area contributed by atoms with E-state index < -0.39 is 0 Å². The van der Waals surface area contributed by atoms with Crippen molar-refractivity contribution in [1.82, 2.24) is 20.2 Å². The minimum Gasteiger partial charge on any atom is -0.493 e. The van der Waals surface area contributed by atoms with Gasteiger partial charge in [-0.1, -0.05) is 88.4 Å². The predicted octanol–water partition coefficient (Wildman–Crippen LogP) is 6.53. The molecule has 1 amide bonds. The zero-order valence-electron chi connectivity index (χ0n) is 22.1. The Labute approximate surface area is 250 Å². The van der Waals surface area contributed by atoms with E-state index in [1.54, 1.807) is 19.4 Å². The lowest BCUT2D eigenvalue weighted by Gasteiger charge is -2.11. The number of hydrazone groups is 1. The lowest BCUT2D eigenvalue weighted by Crippen LogP contribution is -2.20. The van der Waals surface area contributed by atoms with Crippen LogP contribution in [0, 0.1) is 0 Å². The summed E-state index contributed by atoms with van der Waals surface area (Å²) in [6.45, 7) is 0.431. The van der Waals surface area contributed by atoms with Crippen LogP contribution in [0.1, 0.15) is 11.1 Å². The van der Waals surface area contributed by atoms with Crippen molar-refractivity contribution >= 4 is 39.8 Å². The van der Waals surface area contributed by atoms with Crippen molar-refractivity contribution in [1.29, 1.82) is 0 Å². The van der Waals surface area contributed by atoms with Gasteiger partial charge in [-0.15, -0.1) is 10.2 Å². The molecule has 4 aromatic carbocycles. The maximum absolute atomic E-state index is 12.6. The van der Waals surface area contributed by atoms with Gasteiger partial charge < -0.3 is 9.47 Å². The van der Waals surface area contributed by atoms with Crippen molar-refractivity contribution in [2.75, 3.05) is 12.9 Å². The number of rotatable bonds is 11. The monoisotopic (exact) mass is 627 g/mol. The third kappa shape index (κ3) is 7.41. The first-order valence-electron chi connectivity index (χ1n) is 12.7. The summed E-state index contributed by atoms with van der Waals surface area (Å²) in [5.41, 5.74) is 6.21. The smallest absolute Gasteiger partial charge is 0.250 e. The van der Waals surface area contributed by atoms with Gasteiger partial charge in [0, 0.05) is 15.7 Å². The average Bonchev–Trinajstić information content (AvgIpc) is 3.44. The van der Waals surface area contributed by atoms with Gasteiger partial charge in [0.2, 0.25) is 0 Å². The number of nitrogens with one attached hydrogen (secondary N) is 1. The van der Waals surface area contributed by atoms with Crippen LogP contribution >= 0.6 is 27.7 Å². The molecule has 0 bridgehead atoms. The molecule has 8 nitrogen and oxygen atoms in total. The highest BCUT2D eigenvalue weighted by molar-refractivity contribution is 9.10. The Morgan fingerprint density at radius 2 is 1.68 bits per heavy atom. The van der Waals surface area contributed by atoms with Crippen LogP contribution in [-0.2, 0) is 11.4 Å². The molecule has 1 N–H and O–H groups in total. The summed E-state index contributed by atoms with van der Waals surface area (Å²) in [5, 5.41) is 13.5. The molecule has 0 fully saturated rings. The van der Waals surface area contributed by atoms with Crippen LogP contribution in [0.15, 0.2) is 118 Å². The van der Waals surface area contributed by atoms with E-state index in [-0.39, 0.29) is 11.7 Å². The number of hydrogen-bond acceptors (Lipinski definition) is 7. The first kappa shape index (κ1) is 28.1. The van der Waals surface area contributed by atoms with Gasteiger partial charge in [-0.25, -0.2) is 5.43 Å². The number of carbonyl (C=O) groups excluding carboxylic acids is 1. The fraction of sp³-hybridized carbons (Fsp3) is 0.0968. The topological polar surface area (TPSA) is 90.6 Å². The quantitative estimate of drug-likeness (QED) is 0.102. The van der Waals surface area contributed by atoms with E-state index in [1.165, 1.54) is 11.8 Å². The number of methoxy groups -OCH3 is 1. The van der Waals surface area contributed by atoms with Crippen LogP contribution in [0.3, 0.4) is 0 Å². The van der Waals surface area contributed by atoms with Gasteiger partial charge in [0.25, 0.3) is 5.91 Å². The summed E-state index contributed by atoms with van der Waals surface area (Å²) >= 11 is 4.77. The number of thioether (sulfide) groups is 1. The largest absolute Gasteiger partial charge is 0.493 e. The normalized spacial score (nSPS) is 11.0. The fourth-order valence-corrected chi connectivity index (χ4v) is 4.93.